The van der Waals surface area contributed by atoms with Crippen LogP contribution in [0.2, 0.25) is 0 Å². The van der Waals surface area contributed by atoms with Gasteiger partial charge >= 0.3 is 5.97 Å². The molecular formula is C16H26ClN3O3S. The van der Waals surface area contributed by atoms with Gasteiger partial charge in [0.1, 0.15) is 4.88 Å². The predicted molar refractivity (Wildman–Crippen MR) is 99.2 cm³/mol. The van der Waals surface area contributed by atoms with Crippen LogP contribution in [0.25, 0.3) is 0 Å². The Bertz CT molecular complexity index is 530. The Morgan fingerprint density at radius 3 is 2.71 bits per heavy atom. The third-order valence-corrected chi connectivity index (χ3v) is 4.96. The van der Waals surface area contributed by atoms with Crippen molar-refractivity contribution >= 4 is 41.3 Å². The summed E-state index contributed by atoms with van der Waals surface area (Å²) in [5.74, 6) is 0.204. The lowest BCUT2D eigenvalue weighted by atomic mass is 9.97. The molecule has 0 atom stereocenters. The molecule has 0 spiro atoms. The van der Waals surface area contributed by atoms with Gasteiger partial charge in [0.2, 0.25) is 5.91 Å². The third kappa shape index (κ3) is 6.05. The first-order valence-corrected chi connectivity index (χ1v) is 8.90. The number of thiophene rings is 1. The molecule has 1 aliphatic rings. The predicted octanol–water partition coefficient (Wildman–Crippen LogP) is 2.22. The van der Waals surface area contributed by atoms with Crippen LogP contribution < -0.4 is 10.6 Å². The van der Waals surface area contributed by atoms with E-state index in [2.05, 4.69) is 22.5 Å². The lowest BCUT2D eigenvalue weighted by molar-refractivity contribution is -0.117. The monoisotopic (exact) mass is 375 g/mol. The lowest BCUT2D eigenvalue weighted by Crippen LogP contribution is -2.41. The topological polar surface area (TPSA) is 70.7 Å². The first-order chi connectivity index (χ1) is 11.1. The van der Waals surface area contributed by atoms with Crippen LogP contribution in [0.15, 0.2) is 11.4 Å². The van der Waals surface area contributed by atoms with Gasteiger partial charge in [-0.15, -0.1) is 23.7 Å². The van der Waals surface area contributed by atoms with Gasteiger partial charge in [0.25, 0.3) is 0 Å². The normalized spacial score (nSPS) is 15.6. The number of methoxy groups -OCH3 is 1. The van der Waals surface area contributed by atoms with E-state index in [9.17, 15) is 9.59 Å². The van der Waals surface area contributed by atoms with Gasteiger partial charge in [-0.3, -0.25) is 9.69 Å². The van der Waals surface area contributed by atoms with Crippen molar-refractivity contribution < 1.29 is 14.3 Å². The van der Waals surface area contributed by atoms with Gasteiger partial charge in [-0.05, 0) is 56.4 Å². The Labute approximate surface area is 153 Å². The zero-order valence-electron chi connectivity index (χ0n) is 14.2. The number of hydrogen-bond acceptors (Lipinski definition) is 6. The molecule has 0 saturated carbocycles. The number of nitrogens with one attached hydrogen (secondary N) is 2. The van der Waals surface area contributed by atoms with E-state index in [1.807, 2.05) is 0 Å². The third-order valence-electron chi connectivity index (χ3n) is 4.07. The number of likely N-dealkylation sites (tertiary alicyclic amines) is 1. The number of amides is 1. The highest BCUT2D eigenvalue weighted by Gasteiger charge is 2.21. The smallest absolute Gasteiger partial charge is 0.350 e. The molecule has 1 amide bonds. The number of carbonyl (C=O) groups excluding carboxylic acids is 2. The maximum absolute atomic E-state index is 12.2. The molecule has 1 saturated heterocycles. The highest BCUT2D eigenvalue weighted by atomic mass is 35.5. The highest BCUT2D eigenvalue weighted by molar-refractivity contribution is 7.12. The number of hydrogen-bond donors (Lipinski definition) is 2. The summed E-state index contributed by atoms with van der Waals surface area (Å²) >= 11 is 1.27. The Morgan fingerprint density at radius 2 is 2.08 bits per heavy atom. The second-order valence-corrected chi connectivity index (χ2v) is 6.65. The Balaban J connectivity index is 0.00000288. The zero-order chi connectivity index (χ0) is 16.7. The van der Waals surface area contributed by atoms with E-state index in [0.29, 0.717) is 23.0 Å². The minimum absolute atomic E-state index is 0. The Hall–Kier alpha value is -1.15. The average molecular weight is 376 g/mol. The number of ether oxygens (including phenoxy) is 1. The molecule has 24 heavy (non-hydrogen) atoms. The van der Waals surface area contributed by atoms with Crippen molar-refractivity contribution in [1.82, 2.24) is 10.2 Å². The minimum atomic E-state index is -0.417. The molecule has 2 rings (SSSR count). The molecule has 0 bridgehead atoms. The molecule has 2 heterocycles. The quantitative estimate of drug-likeness (QED) is 0.715. The molecule has 2 N–H and O–H groups in total. The maximum atomic E-state index is 12.2. The first-order valence-electron chi connectivity index (χ1n) is 8.02. The van der Waals surface area contributed by atoms with Crippen LogP contribution in [0, 0.1) is 5.92 Å². The number of rotatable bonds is 7. The number of anilines is 1. The van der Waals surface area contributed by atoms with Gasteiger partial charge in [-0.1, -0.05) is 6.92 Å². The van der Waals surface area contributed by atoms with E-state index >= 15 is 0 Å². The molecule has 6 nitrogen and oxygen atoms in total. The fourth-order valence-corrected chi connectivity index (χ4v) is 3.51. The van der Waals surface area contributed by atoms with Gasteiger partial charge in [0.15, 0.2) is 0 Å². The fraction of sp³-hybridized carbons (Fsp3) is 0.625. The zero-order valence-corrected chi connectivity index (χ0v) is 15.8. The summed E-state index contributed by atoms with van der Waals surface area (Å²) in [5, 5.41) is 7.97. The van der Waals surface area contributed by atoms with Crippen molar-refractivity contribution in [1.29, 1.82) is 0 Å². The van der Waals surface area contributed by atoms with E-state index in [0.717, 1.165) is 39.0 Å². The lowest BCUT2D eigenvalue weighted by Gasteiger charge is -2.31. The maximum Gasteiger partial charge on any atom is 0.350 e. The highest BCUT2D eigenvalue weighted by Crippen LogP contribution is 2.23. The summed E-state index contributed by atoms with van der Waals surface area (Å²) in [6, 6.07) is 1.73. The summed E-state index contributed by atoms with van der Waals surface area (Å²) in [5.41, 5.74) is 0.536. The fourth-order valence-electron chi connectivity index (χ4n) is 2.75. The number of esters is 1. The van der Waals surface area contributed by atoms with Gasteiger partial charge in [0.05, 0.1) is 19.3 Å². The van der Waals surface area contributed by atoms with Crippen molar-refractivity contribution in [2.75, 3.05) is 45.2 Å². The molecule has 1 aromatic heterocycles. The van der Waals surface area contributed by atoms with Crippen LogP contribution in [-0.4, -0.2) is 56.6 Å². The number of carbonyl (C=O) groups is 2. The molecule has 0 radical (unpaired) electrons. The van der Waals surface area contributed by atoms with Crippen molar-refractivity contribution in [2.45, 2.75) is 19.8 Å². The standard InChI is InChI=1S/C16H25N3O3S.ClH/c1-3-17-10-12-4-7-19(8-5-12)11-14(20)18-13-6-9-23-15(13)16(21)22-2;/h6,9,12,17H,3-5,7-8,10-11H2,1-2H3,(H,18,20);1H. The van der Waals surface area contributed by atoms with E-state index < -0.39 is 5.97 Å². The van der Waals surface area contributed by atoms with Crippen molar-refractivity contribution in [3.63, 3.8) is 0 Å². The van der Waals surface area contributed by atoms with Crippen LogP contribution in [0.4, 0.5) is 5.69 Å². The SMILES string of the molecule is CCNCC1CCN(CC(=O)Nc2ccsc2C(=O)OC)CC1.Cl. The van der Waals surface area contributed by atoms with E-state index in [1.54, 1.807) is 11.4 Å². The van der Waals surface area contributed by atoms with Gasteiger partial charge in [-0.25, -0.2) is 4.79 Å². The van der Waals surface area contributed by atoms with E-state index in [1.165, 1.54) is 18.4 Å². The molecule has 0 aliphatic carbocycles. The number of halogens is 1. The second-order valence-electron chi connectivity index (χ2n) is 5.73. The summed E-state index contributed by atoms with van der Waals surface area (Å²) in [7, 11) is 1.34. The summed E-state index contributed by atoms with van der Waals surface area (Å²) in [4.78, 5) is 26.4. The summed E-state index contributed by atoms with van der Waals surface area (Å²) in [6.45, 7) is 6.44. The van der Waals surface area contributed by atoms with Crippen LogP contribution in [0.1, 0.15) is 29.4 Å². The summed E-state index contributed by atoms with van der Waals surface area (Å²) < 4.78 is 4.71. The van der Waals surface area contributed by atoms with Gasteiger partial charge in [-0.2, -0.15) is 0 Å². The van der Waals surface area contributed by atoms with E-state index in [4.69, 9.17) is 4.74 Å². The second kappa shape index (κ2) is 10.7. The van der Waals surface area contributed by atoms with Gasteiger partial charge < -0.3 is 15.4 Å². The molecular weight excluding hydrogens is 350 g/mol. The van der Waals surface area contributed by atoms with Crippen LogP contribution >= 0.6 is 23.7 Å². The number of nitrogens with zero attached hydrogens (tertiary/aromatic N) is 1. The van der Waals surface area contributed by atoms with Crippen LogP contribution in [0.3, 0.4) is 0 Å². The molecule has 0 aromatic carbocycles. The van der Waals surface area contributed by atoms with Crippen molar-refractivity contribution in [3.05, 3.63) is 16.3 Å². The van der Waals surface area contributed by atoms with Crippen molar-refractivity contribution in [3.8, 4) is 0 Å². The average Bonchev–Trinajstić information content (AvgIpc) is 3.01. The molecule has 0 unspecified atom stereocenters. The molecule has 8 heteroatoms. The summed E-state index contributed by atoms with van der Waals surface area (Å²) in [6.07, 6.45) is 2.23. The first kappa shape index (κ1) is 20.9. The molecule has 1 fully saturated rings. The van der Waals surface area contributed by atoms with E-state index in [-0.39, 0.29) is 18.3 Å². The Morgan fingerprint density at radius 1 is 1.38 bits per heavy atom. The van der Waals surface area contributed by atoms with Gasteiger partial charge in [0, 0.05) is 0 Å². The van der Waals surface area contributed by atoms with Crippen LogP contribution in [0.5, 0.6) is 0 Å². The number of piperidine rings is 1. The molecule has 1 aliphatic heterocycles. The molecule has 1 aromatic rings. The largest absolute Gasteiger partial charge is 0.465 e. The Kier molecular flexibility index (Phi) is 9.28. The molecule has 136 valence electrons. The minimum Gasteiger partial charge on any atom is -0.465 e. The van der Waals surface area contributed by atoms with Crippen LogP contribution in [-0.2, 0) is 9.53 Å². The van der Waals surface area contributed by atoms with Crippen molar-refractivity contribution in [2.24, 2.45) is 5.92 Å².